The number of carbonyl (C=O) groups is 3. The fraction of sp³-hybridized carbons (Fsp3) is 0.333. The molecule has 2 N–H and O–H groups in total. The molecule has 0 aliphatic carbocycles. The van der Waals surface area contributed by atoms with Crippen LogP contribution >= 0.6 is 11.8 Å². The maximum atomic E-state index is 13.1. The van der Waals surface area contributed by atoms with Gasteiger partial charge in [0.25, 0.3) is 5.91 Å². The van der Waals surface area contributed by atoms with Crippen LogP contribution < -0.4 is 10.6 Å². The average Bonchev–Trinajstić information content (AvgIpc) is 3.04. The second-order valence-electron chi connectivity index (χ2n) is 5.90. The largest absolute Gasteiger partial charge is 0.452 e. The fourth-order valence-corrected chi connectivity index (χ4v) is 2.68. The van der Waals surface area contributed by atoms with Crippen molar-refractivity contribution in [3.63, 3.8) is 0 Å². The molecule has 28 heavy (non-hydrogen) atoms. The summed E-state index contributed by atoms with van der Waals surface area (Å²) in [4.78, 5) is 36.0. The zero-order chi connectivity index (χ0) is 20.7. The highest BCUT2D eigenvalue weighted by molar-refractivity contribution is 8.01. The number of anilines is 2. The third-order valence-electron chi connectivity index (χ3n) is 3.47. The highest BCUT2D eigenvalue weighted by Gasteiger charge is 2.21. The van der Waals surface area contributed by atoms with Crippen molar-refractivity contribution in [1.29, 1.82) is 0 Å². The Labute approximate surface area is 165 Å². The number of benzene rings is 1. The molecule has 0 aliphatic heterocycles. The van der Waals surface area contributed by atoms with Crippen LogP contribution in [-0.2, 0) is 19.1 Å². The first-order valence-corrected chi connectivity index (χ1v) is 9.41. The number of amides is 2. The lowest BCUT2D eigenvalue weighted by molar-refractivity contribution is -0.150. The number of rotatable bonds is 8. The molecule has 10 heteroatoms. The topological polar surface area (TPSA) is 111 Å². The van der Waals surface area contributed by atoms with E-state index in [0.717, 1.165) is 17.8 Å². The number of halogens is 1. The molecule has 0 aliphatic rings. The minimum Gasteiger partial charge on any atom is -0.452 e. The third kappa shape index (κ3) is 6.69. The van der Waals surface area contributed by atoms with Crippen LogP contribution in [0.15, 0.2) is 34.9 Å². The van der Waals surface area contributed by atoms with Crippen molar-refractivity contribution in [3.05, 3.63) is 41.9 Å². The molecule has 0 fully saturated rings. The summed E-state index contributed by atoms with van der Waals surface area (Å²) in [5, 5.41) is 8.12. The van der Waals surface area contributed by atoms with Crippen LogP contribution in [0.5, 0.6) is 0 Å². The molecule has 1 aromatic carbocycles. The maximum Gasteiger partial charge on any atom is 0.316 e. The zero-order valence-electron chi connectivity index (χ0n) is 15.5. The lowest BCUT2D eigenvalue weighted by Gasteiger charge is -2.14. The minimum atomic E-state index is -1.07. The van der Waals surface area contributed by atoms with E-state index in [1.54, 1.807) is 19.9 Å². The Hall–Kier alpha value is -2.88. The monoisotopic (exact) mass is 409 g/mol. The number of thioether (sulfide) groups is 1. The Kier molecular flexibility index (Phi) is 7.56. The molecule has 150 valence electrons. The second-order valence-corrected chi connectivity index (χ2v) is 7.23. The second kappa shape index (κ2) is 9.88. The van der Waals surface area contributed by atoms with Crippen LogP contribution in [0.1, 0.15) is 19.6 Å². The van der Waals surface area contributed by atoms with Gasteiger partial charge in [-0.15, -0.1) is 11.8 Å². The van der Waals surface area contributed by atoms with E-state index in [4.69, 9.17) is 9.26 Å². The standard InChI is InChI=1S/C18H20FN3O5S/c1-10-7-15(22-27-10)21-18(25)12(3)28-9-16(23)26-11(2)17(24)20-14-6-4-5-13(19)8-14/h4-8,11-12H,9H2,1-3H3,(H,20,24)(H,21,22,25)/t11-,12+/m0/s1. The Morgan fingerprint density at radius 3 is 2.61 bits per heavy atom. The molecule has 1 heterocycles. The van der Waals surface area contributed by atoms with Crippen molar-refractivity contribution in [2.45, 2.75) is 32.1 Å². The van der Waals surface area contributed by atoms with E-state index in [0.29, 0.717) is 11.6 Å². The quantitative estimate of drug-likeness (QED) is 0.645. The predicted molar refractivity (Wildman–Crippen MR) is 102 cm³/mol. The van der Waals surface area contributed by atoms with Crippen LogP contribution in [0.25, 0.3) is 0 Å². The van der Waals surface area contributed by atoms with E-state index in [-0.39, 0.29) is 17.3 Å². The molecule has 0 saturated heterocycles. The molecule has 2 atom stereocenters. The van der Waals surface area contributed by atoms with Crippen molar-refractivity contribution in [2.75, 3.05) is 16.4 Å². The van der Waals surface area contributed by atoms with Gasteiger partial charge in [0.15, 0.2) is 11.9 Å². The molecule has 2 rings (SSSR count). The highest BCUT2D eigenvalue weighted by atomic mass is 32.2. The number of carbonyl (C=O) groups excluding carboxylic acids is 3. The van der Waals surface area contributed by atoms with Gasteiger partial charge in [-0.2, -0.15) is 0 Å². The molecular formula is C18H20FN3O5S. The SMILES string of the molecule is Cc1cc(NC(=O)[C@@H](C)SCC(=O)O[C@@H](C)C(=O)Nc2cccc(F)c2)no1. The molecule has 2 amide bonds. The first-order chi connectivity index (χ1) is 13.2. The Morgan fingerprint density at radius 2 is 1.96 bits per heavy atom. The van der Waals surface area contributed by atoms with Crippen molar-refractivity contribution >= 4 is 41.1 Å². The summed E-state index contributed by atoms with van der Waals surface area (Å²) in [6.45, 7) is 4.73. The third-order valence-corrected chi connectivity index (χ3v) is 4.59. The molecule has 0 bridgehead atoms. The van der Waals surface area contributed by atoms with Gasteiger partial charge in [0.1, 0.15) is 11.6 Å². The summed E-state index contributed by atoms with van der Waals surface area (Å²) in [7, 11) is 0. The van der Waals surface area contributed by atoms with E-state index in [1.165, 1.54) is 25.1 Å². The summed E-state index contributed by atoms with van der Waals surface area (Å²) in [5.41, 5.74) is 0.260. The van der Waals surface area contributed by atoms with Crippen molar-refractivity contribution in [2.24, 2.45) is 0 Å². The smallest absolute Gasteiger partial charge is 0.316 e. The molecule has 2 aromatic rings. The number of nitrogens with zero attached hydrogens (tertiary/aromatic N) is 1. The number of nitrogens with one attached hydrogen (secondary N) is 2. The molecule has 8 nitrogen and oxygen atoms in total. The van der Waals surface area contributed by atoms with Crippen LogP contribution in [0, 0.1) is 12.7 Å². The van der Waals surface area contributed by atoms with Gasteiger partial charge in [0.2, 0.25) is 5.91 Å². The Morgan fingerprint density at radius 1 is 1.21 bits per heavy atom. The number of aromatic nitrogens is 1. The lowest BCUT2D eigenvalue weighted by Crippen LogP contribution is -2.31. The number of hydrogen-bond acceptors (Lipinski definition) is 7. The number of hydrogen-bond donors (Lipinski definition) is 2. The van der Waals surface area contributed by atoms with Gasteiger partial charge in [-0.3, -0.25) is 14.4 Å². The summed E-state index contributed by atoms with van der Waals surface area (Å²) >= 11 is 1.05. The summed E-state index contributed by atoms with van der Waals surface area (Å²) in [5.74, 6) is -1.34. The summed E-state index contributed by atoms with van der Waals surface area (Å²) < 4.78 is 23.0. The van der Waals surface area contributed by atoms with E-state index in [9.17, 15) is 18.8 Å². The normalized spacial score (nSPS) is 12.7. The molecule has 0 radical (unpaired) electrons. The van der Waals surface area contributed by atoms with E-state index >= 15 is 0 Å². The number of ether oxygens (including phenoxy) is 1. The van der Waals surface area contributed by atoms with E-state index in [2.05, 4.69) is 15.8 Å². The number of esters is 1. The molecule has 1 aromatic heterocycles. The minimum absolute atomic E-state index is 0.121. The molecule has 0 saturated carbocycles. The number of aryl methyl sites for hydroxylation is 1. The van der Waals surface area contributed by atoms with Gasteiger partial charge < -0.3 is 19.9 Å². The van der Waals surface area contributed by atoms with Crippen molar-refractivity contribution < 1.29 is 28.0 Å². The maximum absolute atomic E-state index is 13.1. The first-order valence-electron chi connectivity index (χ1n) is 8.36. The van der Waals surface area contributed by atoms with E-state index < -0.39 is 29.0 Å². The van der Waals surface area contributed by atoms with E-state index in [1.807, 2.05) is 0 Å². The van der Waals surface area contributed by atoms with Crippen LogP contribution in [-0.4, -0.2) is 40.0 Å². The summed E-state index contributed by atoms with van der Waals surface area (Å²) in [6.07, 6.45) is -1.07. The van der Waals surface area contributed by atoms with Gasteiger partial charge in [-0.25, -0.2) is 4.39 Å². The van der Waals surface area contributed by atoms with Gasteiger partial charge in [0.05, 0.1) is 11.0 Å². The van der Waals surface area contributed by atoms with Gasteiger partial charge in [-0.1, -0.05) is 11.2 Å². The zero-order valence-corrected chi connectivity index (χ0v) is 16.3. The molecule has 0 spiro atoms. The van der Waals surface area contributed by atoms with Crippen molar-refractivity contribution in [3.8, 4) is 0 Å². The fourth-order valence-electron chi connectivity index (χ4n) is 2.02. The van der Waals surface area contributed by atoms with Crippen LogP contribution in [0.3, 0.4) is 0 Å². The van der Waals surface area contributed by atoms with Crippen LogP contribution in [0.2, 0.25) is 0 Å². The van der Waals surface area contributed by atoms with Gasteiger partial charge in [-0.05, 0) is 39.0 Å². The Bertz CT molecular complexity index is 857. The molecular weight excluding hydrogens is 389 g/mol. The highest BCUT2D eigenvalue weighted by Crippen LogP contribution is 2.15. The summed E-state index contributed by atoms with van der Waals surface area (Å²) in [6, 6.07) is 6.94. The van der Waals surface area contributed by atoms with Crippen molar-refractivity contribution in [1.82, 2.24) is 5.16 Å². The van der Waals surface area contributed by atoms with Gasteiger partial charge >= 0.3 is 5.97 Å². The predicted octanol–water partition coefficient (Wildman–Crippen LogP) is 2.75. The average molecular weight is 409 g/mol. The van der Waals surface area contributed by atoms with Crippen LogP contribution in [0.4, 0.5) is 15.9 Å². The lowest BCUT2D eigenvalue weighted by atomic mass is 10.3. The first kappa shape index (κ1) is 21.4. The Balaban J connectivity index is 1.74. The molecule has 0 unspecified atom stereocenters. The van der Waals surface area contributed by atoms with Gasteiger partial charge in [0, 0.05) is 11.8 Å².